The predicted octanol–water partition coefficient (Wildman–Crippen LogP) is 3.25. The minimum absolute atomic E-state index is 0.191. The largest absolute Gasteiger partial charge is 0.466 e. The highest BCUT2D eigenvalue weighted by atomic mass is 35.5. The Balaban J connectivity index is 1.84. The van der Waals surface area contributed by atoms with Crippen molar-refractivity contribution in [1.29, 1.82) is 0 Å². The third-order valence-electron chi connectivity index (χ3n) is 4.55. The Bertz CT molecular complexity index is 804. The highest BCUT2D eigenvalue weighted by Crippen LogP contribution is 2.27. The summed E-state index contributed by atoms with van der Waals surface area (Å²) in [5.74, 6) is -0.715. The smallest absolute Gasteiger partial charge is 0.310 e. The third-order valence-corrected chi connectivity index (χ3v) is 4.90. The Morgan fingerprint density at radius 3 is 2.73 bits per heavy atom. The van der Waals surface area contributed by atoms with Crippen LogP contribution in [0.2, 0.25) is 5.15 Å². The Labute approximate surface area is 157 Å². The number of rotatable bonds is 4. The molecule has 0 aliphatic carbocycles. The fraction of sp³-hybridized carbons (Fsp3) is 0.421. The quantitative estimate of drug-likeness (QED) is 0.769. The number of halogens is 1. The summed E-state index contributed by atoms with van der Waals surface area (Å²) in [6, 6.07) is 9.44. The average Bonchev–Trinajstić information content (AvgIpc) is 2.96. The summed E-state index contributed by atoms with van der Waals surface area (Å²) in [6.07, 6.45) is 1.50. The van der Waals surface area contributed by atoms with Crippen molar-refractivity contribution in [2.24, 2.45) is 5.92 Å². The SMILES string of the molecule is CCOC(=O)C1CCCN(C(=O)c2c(C)nn(-c3ccccc3)c2Cl)C1. The summed E-state index contributed by atoms with van der Waals surface area (Å²) in [7, 11) is 0. The predicted molar refractivity (Wildman–Crippen MR) is 98.6 cm³/mol. The maximum Gasteiger partial charge on any atom is 0.310 e. The molecule has 1 amide bonds. The first-order chi connectivity index (χ1) is 12.5. The Morgan fingerprint density at radius 1 is 1.31 bits per heavy atom. The molecule has 26 heavy (non-hydrogen) atoms. The summed E-state index contributed by atoms with van der Waals surface area (Å²) in [5.41, 5.74) is 1.75. The molecule has 1 aromatic carbocycles. The molecule has 0 spiro atoms. The third kappa shape index (κ3) is 3.60. The number of nitrogens with zero attached hydrogens (tertiary/aromatic N) is 3. The normalized spacial score (nSPS) is 17.2. The molecule has 1 aromatic heterocycles. The molecular weight excluding hydrogens is 354 g/mol. The number of esters is 1. The number of para-hydroxylation sites is 1. The van der Waals surface area contributed by atoms with Crippen LogP contribution in [0.15, 0.2) is 30.3 Å². The van der Waals surface area contributed by atoms with Crippen molar-refractivity contribution in [2.45, 2.75) is 26.7 Å². The van der Waals surface area contributed by atoms with Gasteiger partial charge in [-0.3, -0.25) is 9.59 Å². The first-order valence-electron chi connectivity index (χ1n) is 8.79. The van der Waals surface area contributed by atoms with E-state index in [1.807, 2.05) is 30.3 Å². The van der Waals surface area contributed by atoms with Gasteiger partial charge in [0.1, 0.15) is 5.15 Å². The summed E-state index contributed by atoms with van der Waals surface area (Å²) in [6.45, 7) is 4.85. The van der Waals surface area contributed by atoms with Crippen LogP contribution < -0.4 is 0 Å². The van der Waals surface area contributed by atoms with Crippen LogP contribution in [0.25, 0.3) is 5.69 Å². The van der Waals surface area contributed by atoms with Crippen molar-refractivity contribution in [3.63, 3.8) is 0 Å². The van der Waals surface area contributed by atoms with Gasteiger partial charge >= 0.3 is 5.97 Å². The van der Waals surface area contributed by atoms with E-state index >= 15 is 0 Å². The van der Waals surface area contributed by atoms with Gasteiger partial charge in [-0.25, -0.2) is 4.68 Å². The van der Waals surface area contributed by atoms with Crippen LogP contribution >= 0.6 is 11.6 Å². The van der Waals surface area contributed by atoms with Gasteiger partial charge in [0.25, 0.3) is 5.91 Å². The number of benzene rings is 1. The summed E-state index contributed by atoms with van der Waals surface area (Å²) in [4.78, 5) is 26.7. The van der Waals surface area contributed by atoms with Crippen molar-refractivity contribution in [3.8, 4) is 5.69 Å². The van der Waals surface area contributed by atoms with Crippen LogP contribution in [-0.2, 0) is 9.53 Å². The van der Waals surface area contributed by atoms with Crippen molar-refractivity contribution >= 4 is 23.5 Å². The highest BCUT2D eigenvalue weighted by Gasteiger charge is 2.32. The molecule has 0 bridgehead atoms. The molecule has 1 fully saturated rings. The number of aromatic nitrogens is 2. The number of carbonyl (C=O) groups excluding carboxylic acids is 2. The lowest BCUT2D eigenvalue weighted by Crippen LogP contribution is -2.43. The van der Waals surface area contributed by atoms with Crippen LogP contribution in [0, 0.1) is 12.8 Å². The monoisotopic (exact) mass is 375 g/mol. The number of ether oxygens (including phenoxy) is 1. The fourth-order valence-corrected chi connectivity index (χ4v) is 3.61. The Morgan fingerprint density at radius 2 is 2.04 bits per heavy atom. The van der Waals surface area contributed by atoms with E-state index in [0.717, 1.165) is 18.5 Å². The van der Waals surface area contributed by atoms with Crippen LogP contribution in [0.4, 0.5) is 0 Å². The second-order valence-electron chi connectivity index (χ2n) is 6.34. The van der Waals surface area contributed by atoms with Crippen molar-refractivity contribution < 1.29 is 14.3 Å². The Hall–Kier alpha value is -2.34. The highest BCUT2D eigenvalue weighted by molar-refractivity contribution is 6.33. The number of hydrogen-bond acceptors (Lipinski definition) is 4. The number of aryl methyl sites for hydroxylation is 1. The molecule has 0 N–H and O–H groups in total. The topological polar surface area (TPSA) is 64.4 Å². The molecular formula is C19H22ClN3O3. The van der Waals surface area contributed by atoms with Gasteiger partial charge in [0.05, 0.1) is 29.5 Å². The number of piperidine rings is 1. The van der Waals surface area contributed by atoms with E-state index in [9.17, 15) is 9.59 Å². The van der Waals surface area contributed by atoms with Gasteiger partial charge in [-0.05, 0) is 38.8 Å². The van der Waals surface area contributed by atoms with Crippen molar-refractivity contribution in [2.75, 3.05) is 19.7 Å². The van der Waals surface area contributed by atoms with E-state index in [4.69, 9.17) is 16.3 Å². The molecule has 6 nitrogen and oxygen atoms in total. The van der Waals surface area contributed by atoms with Crippen LogP contribution in [0.1, 0.15) is 35.8 Å². The molecule has 138 valence electrons. The average molecular weight is 376 g/mol. The van der Waals surface area contributed by atoms with E-state index in [0.29, 0.717) is 31.0 Å². The molecule has 3 rings (SSSR count). The lowest BCUT2D eigenvalue weighted by Gasteiger charge is -2.31. The number of hydrogen-bond donors (Lipinski definition) is 0. The minimum atomic E-state index is -0.282. The van der Waals surface area contributed by atoms with Crippen molar-refractivity contribution in [3.05, 3.63) is 46.7 Å². The van der Waals surface area contributed by atoms with E-state index in [1.165, 1.54) is 0 Å². The molecule has 0 saturated carbocycles. The first kappa shape index (κ1) is 18.5. The van der Waals surface area contributed by atoms with Gasteiger partial charge < -0.3 is 9.64 Å². The summed E-state index contributed by atoms with van der Waals surface area (Å²) < 4.78 is 6.67. The standard InChI is InChI=1S/C19H22ClN3O3/c1-3-26-19(25)14-8-7-11-22(12-14)18(24)16-13(2)21-23(17(16)20)15-9-5-4-6-10-15/h4-6,9-10,14H,3,7-8,11-12H2,1-2H3. The van der Waals surface area contributed by atoms with Crippen molar-refractivity contribution in [1.82, 2.24) is 14.7 Å². The molecule has 0 radical (unpaired) electrons. The molecule has 1 unspecified atom stereocenters. The van der Waals surface area contributed by atoms with Gasteiger partial charge in [0, 0.05) is 13.1 Å². The van der Waals surface area contributed by atoms with Gasteiger partial charge in [-0.1, -0.05) is 29.8 Å². The van der Waals surface area contributed by atoms with Gasteiger partial charge in [0.2, 0.25) is 0 Å². The molecule has 1 saturated heterocycles. The lowest BCUT2D eigenvalue weighted by molar-refractivity contribution is -0.149. The van der Waals surface area contributed by atoms with Gasteiger partial charge in [0.15, 0.2) is 0 Å². The van der Waals surface area contributed by atoms with Gasteiger partial charge in [-0.2, -0.15) is 5.10 Å². The zero-order valence-corrected chi connectivity index (χ0v) is 15.7. The van der Waals surface area contributed by atoms with Crippen LogP contribution in [-0.4, -0.2) is 46.3 Å². The van der Waals surface area contributed by atoms with Crippen LogP contribution in [0.5, 0.6) is 0 Å². The molecule has 2 aromatic rings. The molecule has 1 aliphatic rings. The molecule has 2 heterocycles. The first-order valence-corrected chi connectivity index (χ1v) is 9.17. The maximum atomic E-state index is 13.0. The fourth-order valence-electron chi connectivity index (χ4n) is 3.25. The lowest BCUT2D eigenvalue weighted by atomic mass is 9.97. The molecule has 1 atom stereocenters. The zero-order chi connectivity index (χ0) is 18.7. The second-order valence-corrected chi connectivity index (χ2v) is 6.70. The van der Waals surface area contributed by atoms with E-state index in [-0.39, 0.29) is 22.9 Å². The van der Waals surface area contributed by atoms with E-state index in [2.05, 4.69) is 5.10 Å². The zero-order valence-electron chi connectivity index (χ0n) is 14.9. The number of amides is 1. The van der Waals surface area contributed by atoms with Crippen LogP contribution in [0.3, 0.4) is 0 Å². The Kier molecular flexibility index (Phi) is 5.61. The number of carbonyl (C=O) groups is 2. The summed E-state index contributed by atoms with van der Waals surface area (Å²) in [5, 5.41) is 4.71. The van der Waals surface area contributed by atoms with Gasteiger partial charge in [-0.15, -0.1) is 0 Å². The maximum absolute atomic E-state index is 13.0. The number of likely N-dealkylation sites (tertiary alicyclic amines) is 1. The second kappa shape index (κ2) is 7.91. The van der Waals surface area contributed by atoms with E-state index in [1.54, 1.807) is 23.4 Å². The van der Waals surface area contributed by atoms with E-state index < -0.39 is 0 Å². The molecule has 7 heteroatoms. The molecule has 1 aliphatic heterocycles. The summed E-state index contributed by atoms with van der Waals surface area (Å²) >= 11 is 6.49. The minimum Gasteiger partial charge on any atom is -0.466 e.